The van der Waals surface area contributed by atoms with Crippen molar-refractivity contribution in [1.29, 1.82) is 0 Å². The van der Waals surface area contributed by atoms with Gasteiger partial charge >= 0.3 is 6.03 Å². The Morgan fingerprint density at radius 3 is 2.66 bits per heavy atom. The lowest BCUT2D eigenvalue weighted by Gasteiger charge is -2.37. The number of amides is 4. The van der Waals surface area contributed by atoms with E-state index in [-0.39, 0.29) is 43.2 Å². The van der Waals surface area contributed by atoms with Gasteiger partial charge in [0.1, 0.15) is 11.3 Å². The van der Waals surface area contributed by atoms with Gasteiger partial charge in [-0.3, -0.25) is 14.5 Å². The Morgan fingerprint density at radius 1 is 1.28 bits per heavy atom. The van der Waals surface area contributed by atoms with E-state index in [1.54, 1.807) is 21.0 Å². The minimum Gasteiger partial charge on any atom is -0.496 e. The highest BCUT2D eigenvalue weighted by Gasteiger charge is 2.43. The molecule has 3 rings (SSSR count). The molecule has 2 fully saturated rings. The van der Waals surface area contributed by atoms with Gasteiger partial charge < -0.3 is 20.3 Å². The number of urea groups is 1. The van der Waals surface area contributed by atoms with Crippen LogP contribution in [0.3, 0.4) is 0 Å². The average Bonchev–Trinajstić information content (AvgIpc) is 2.89. The van der Waals surface area contributed by atoms with Crippen molar-refractivity contribution in [3.8, 4) is 5.75 Å². The van der Waals surface area contributed by atoms with E-state index in [0.717, 1.165) is 17.9 Å². The molecular formula is C20H29ClN4O4. The van der Waals surface area contributed by atoms with E-state index in [2.05, 4.69) is 10.6 Å². The van der Waals surface area contributed by atoms with Crippen LogP contribution in [0.15, 0.2) is 24.3 Å². The molecule has 2 aliphatic rings. The molecule has 160 valence electrons. The summed E-state index contributed by atoms with van der Waals surface area (Å²) >= 11 is 0. The Hall–Kier alpha value is -2.32. The van der Waals surface area contributed by atoms with Gasteiger partial charge in [0.2, 0.25) is 5.91 Å². The first kappa shape index (κ1) is 23.0. The lowest BCUT2D eigenvalue weighted by atomic mass is 10.0. The first-order valence-electron chi connectivity index (χ1n) is 9.62. The van der Waals surface area contributed by atoms with Gasteiger partial charge in [0.05, 0.1) is 13.2 Å². The van der Waals surface area contributed by atoms with E-state index in [0.29, 0.717) is 19.5 Å². The zero-order valence-electron chi connectivity index (χ0n) is 17.1. The minimum absolute atomic E-state index is 0. The van der Waals surface area contributed by atoms with Crippen molar-refractivity contribution in [3.05, 3.63) is 29.8 Å². The number of hydrogen-bond donors (Lipinski definition) is 2. The highest BCUT2D eigenvalue weighted by atomic mass is 35.5. The van der Waals surface area contributed by atoms with Gasteiger partial charge in [-0.2, -0.15) is 0 Å². The number of carbonyl (C=O) groups is 3. The topological polar surface area (TPSA) is 91.0 Å². The molecule has 8 nitrogen and oxygen atoms in total. The smallest absolute Gasteiger partial charge is 0.325 e. The van der Waals surface area contributed by atoms with Crippen LogP contribution in [0.1, 0.15) is 38.3 Å². The molecule has 2 saturated heterocycles. The molecular weight excluding hydrogens is 396 g/mol. The molecule has 0 saturated carbocycles. The normalized spacial score (nSPS) is 20.9. The van der Waals surface area contributed by atoms with Crippen LogP contribution in [0.5, 0.6) is 5.75 Å². The molecule has 2 N–H and O–H groups in total. The van der Waals surface area contributed by atoms with Gasteiger partial charge in [0, 0.05) is 38.2 Å². The Bertz CT molecular complexity index is 771. The number of para-hydroxylation sites is 1. The van der Waals surface area contributed by atoms with Crippen molar-refractivity contribution in [2.75, 3.05) is 33.3 Å². The number of nitrogens with zero attached hydrogens (tertiary/aromatic N) is 2. The molecule has 1 aromatic carbocycles. The quantitative estimate of drug-likeness (QED) is 0.678. The summed E-state index contributed by atoms with van der Waals surface area (Å²) in [6.45, 7) is 5.60. The average molecular weight is 425 g/mol. The van der Waals surface area contributed by atoms with Crippen LogP contribution in [0.2, 0.25) is 0 Å². The summed E-state index contributed by atoms with van der Waals surface area (Å²) in [7, 11) is 1.63. The molecule has 0 spiro atoms. The van der Waals surface area contributed by atoms with E-state index >= 15 is 0 Å². The fourth-order valence-electron chi connectivity index (χ4n) is 3.78. The number of ether oxygens (including phenoxy) is 1. The number of carbonyl (C=O) groups excluding carboxylic acids is 3. The largest absolute Gasteiger partial charge is 0.496 e. The molecule has 2 heterocycles. The van der Waals surface area contributed by atoms with Crippen molar-refractivity contribution < 1.29 is 19.1 Å². The summed E-state index contributed by atoms with van der Waals surface area (Å²) in [5, 5.41) is 5.99. The highest BCUT2D eigenvalue weighted by Crippen LogP contribution is 2.30. The Labute approximate surface area is 177 Å². The maximum absolute atomic E-state index is 12.9. The van der Waals surface area contributed by atoms with E-state index < -0.39 is 11.6 Å². The molecule has 1 unspecified atom stereocenters. The van der Waals surface area contributed by atoms with Gasteiger partial charge in [-0.05, 0) is 26.3 Å². The number of benzene rings is 1. The van der Waals surface area contributed by atoms with Crippen LogP contribution in [-0.4, -0.2) is 66.5 Å². The second-order valence-electron chi connectivity index (χ2n) is 7.66. The van der Waals surface area contributed by atoms with Crippen LogP contribution in [0.25, 0.3) is 0 Å². The van der Waals surface area contributed by atoms with Crippen LogP contribution in [-0.2, 0) is 9.59 Å². The maximum atomic E-state index is 12.9. The van der Waals surface area contributed by atoms with Crippen LogP contribution < -0.4 is 15.4 Å². The third-order valence-corrected chi connectivity index (χ3v) is 5.28. The summed E-state index contributed by atoms with van der Waals surface area (Å²) in [6.07, 6.45) is 0.722. The van der Waals surface area contributed by atoms with Gasteiger partial charge in [-0.1, -0.05) is 18.2 Å². The van der Waals surface area contributed by atoms with Gasteiger partial charge in [0.15, 0.2) is 0 Å². The zero-order chi connectivity index (χ0) is 20.3. The van der Waals surface area contributed by atoms with Crippen molar-refractivity contribution in [1.82, 2.24) is 20.4 Å². The summed E-state index contributed by atoms with van der Waals surface area (Å²) in [5.41, 5.74) is 0.0931. The van der Waals surface area contributed by atoms with Gasteiger partial charge in [-0.15, -0.1) is 12.4 Å². The van der Waals surface area contributed by atoms with E-state index in [1.807, 2.05) is 29.2 Å². The number of halogens is 1. The molecule has 1 aromatic rings. The molecule has 29 heavy (non-hydrogen) atoms. The summed E-state index contributed by atoms with van der Waals surface area (Å²) < 4.78 is 5.46. The Morgan fingerprint density at radius 2 is 2.00 bits per heavy atom. The van der Waals surface area contributed by atoms with Crippen molar-refractivity contribution in [2.24, 2.45) is 0 Å². The molecule has 9 heteroatoms. The van der Waals surface area contributed by atoms with E-state index in [1.165, 1.54) is 4.90 Å². The van der Waals surface area contributed by atoms with Crippen molar-refractivity contribution in [3.63, 3.8) is 0 Å². The number of imide groups is 1. The zero-order valence-corrected chi connectivity index (χ0v) is 17.9. The maximum Gasteiger partial charge on any atom is 0.325 e. The summed E-state index contributed by atoms with van der Waals surface area (Å²) in [6, 6.07) is 7.22. The predicted octanol–water partition coefficient (Wildman–Crippen LogP) is 1.70. The monoisotopic (exact) mass is 424 g/mol. The number of methoxy groups -OCH3 is 1. The molecule has 0 radical (unpaired) electrons. The Balaban J connectivity index is 0.00000300. The first-order valence-corrected chi connectivity index (χ1v) is 9.62. The van der Waals surface area contributed by atoms with Crippen LogP contribution in [0, 0.1) is 0 Å². The number of piperazine rings is 1. The second kappa shape index (κ2) is 9.45. The first-order chi connectivity index (χ1) is 13.3. The molecule has 0 aliphatic carbocycles. The fraction of sp³-hybridized carbons (Fsp3) is 0.550. The second-order valence-corrected chi connectivity index (χ2v) is 7.66. The number of hydrogen-bond acceptors (Lipinski definition) is 5. The molecule has 0 aromatic heterocycles. The Kier molecular flexibility index (Phi) is 7.48. The van der Waals surface area contributed by atoms with Crippen LogP contribution >= 0.6 is 12.4 Å². The summed E-state index contributed by atoms with van der Waals surface area (Å²) in [4.78, 5) is 40.2. The van der Waals surface area contributed by atoms with Crippen molar-refractivity contribution in [2.45, 2.75) is 38.3 Å². The van der Waals surface area contributed by atoms with Gasteiger partial charge in [0.25, 0.3) is 5.91 Å². The van der Waals surface area contributed by atoms with E-state index in [9.17, 15) is 14.4 Å². The van der Waals surface area contributed by atoms with E-state index in [4.69, 9.17) is 4.74 Å². The standard InChI is InChI=1S/C20H28N4O4.ClH/c1-20(2)18(26)24(19(27)22-20)11-6-9-17(25)23-12-10-21-13-15(23)14-7-4-5-8-16(14)28-3;/h4-5,7-8,15,21H,6,9-13H2,1-3H3,(H,22,27);1H. The fourth-order valence-corrected chi connectivity index (χ4v) is 3.78. The minimum atomic E-state index is -0.880. The van der Waals surface area contributed by atoms with Crippen molar-refractivity contribution >= 4 is 30.3 Å². The number of rotatable bonds is 6. The van der Waals surface area contributed by atoms with Crippen LogP contribution in [0.4, 0.5) is 4.79 Å². The predicted molar refractivity (Wildman–Crippen MR) is 111 cm³/mol. The molecule has 1 atom stereocenters. The SMILES string of the molecule is COc1ccccc1C1CNCCN1C(=O)CCCN1C(=O)NC(C)(C)C1=O.Cl. The lowest BCUT2D eigenvalue weighted by molar-refractivity contribution is -0.135. The molecule has 2 aliphatic heterocycles. The lowest BCUT2D eigenvalue weighted by Crippen LogP contribution is -2.48. The van der Waals surface area contributed by atoms with Gasteiger partial charge in [-0.25, -0.2) is 4.79 Å². The highest BCUT2D eigenvalue weighted by molar-refractivity contribution is 6.06. The molecule has 4 amide bonds. The third-order valence-electron chi connectivity index (χ3n) is 5.28. The number of nitrogens with one attached hydrogen (secondary N) is 2. The molecule has 0 bridgehead atoms. The summed E-state index contributed by atoms with van der Waals surface area (Å²) in [5.74, 6) is 0.526. The third kappa shape index (κ3) is 4.82.